The summed E-state index contributed by atoms with van der Waals surface area (Å²) >= 11 is 0. The van der Waals surface area contributed by atoms with Gasteiger partial charge in [0.05, 0.1) is 0 Å². The summed E-state index contributed by atoms with van der Waals surface area (Å²) < 4.78 is 1.90. The molecule has 1 aliphatic heterocycles. The second-order valence-electron chi connectivity index (χ2n) is 7.89. The van der Waals surface area contributed by atoms with Gasteiger partial charge in [0, 0.05) is 43.0 Å². The zero-order chi connectivity index (χ0) is 18.4. The van der Waals surface area contributed by atoms with E-state index in [1.165, 1.54) is 18.5 Å². The standard InChI is InChI=1S/C19H26N8/c1-25(2)14-7-10-26(11-8-14)19-21-18(16-4-3-9-27(16)24-19)20-17-12-15(22-23-17)13-5-6-13/h3-4,9,12-14H,5-8,10-11H2,1-2H3,(H2,20,21,22,23,24). The molecular weight excluding hydrogens is 340 g/mol. The second kappa shape index (κ2) is 6.53. The van der Waals surface area contributed by atoms with E-state index in [2.05, 4.69) is 45.5 Å². The fourth-order valence-electron chi connectivity index (χ4n) is 3.86. The van der Waals surface area contributed by atoms with Crippen LogP contribution >= 0.6 is 0 Å². The van der Waals surface area contributed by atoms with Gasteiger partial charge < -0.3 is 15.1 Å². The Hall–Kier alpha value is -2.61. The third-order valence-corrected chi connectivity index (χ3v) is 5.72. The summed E-state index contributed by atoms with van der Waals surface area (Å²) in [6.45, 7) is 1.95. The van der Waals surface area contributed by atoms with Gasteiger partial charge in [-0.25, -0.2) is 4.52 Å². The summed E-state index contributed by atoms with van der Waals surface area (Å²) in [4.78, 5) is 9.44. The Bertz CT molecular complexity index is 930. The number of aromatic nitrogens is 5. The monoisotopic (exact) mass is 366 g/mol. The molecule has 8 heteroatoms. The van der Waals surface area contributed by atoms with Crippen molar-refractivity contribution in [2.75, 3.05) is 37.4 Å². The summed E-state index contributed by atoms with van der Waals surface area (Å²) in [6, 6.07) is 6.76. The lowest BCUT2D eigenvalue weighted by atomic mass is 10.0. The van der Waals surface area contributed by atoms with Crippen LogP contribution in [0.15, 0.2) is 24.4 Å². The molecular formula is C19H26N8. The highest BCUT2D eigenvalue weighted by molar-refractivity contribution is 5.73. The summed E-state index contributed by atoms with van der Waals surface area (Å²) in [6.07, 6.45) is 6.74. The van der Waals surface area contributed by atoms with E-state index in [0.29, 0.717) is 12.0 Å². The predicted molar refractivity (Wildman–Crippen MR) is 106 cm³/mol. The molecule has 27 heavy (non-hydrogen) atoms. The number of nitrogens with zero attached hydrogens (tertiary/aromatic N) is 6. The average Bonchev–Trinajstić information content (AvgIpc) is 3.23. The van der Waals surface area contributed by atoms with E-state index in [1.54, 1.807) is 0 Å². The molecule has 4 heterocycles. The van der Waals surface area contributed by atoms with Crippen molar-refractivity contribution in [2.45, 2.75) is 37.6 Å². The molecule has 142 valence electrons. The lowest BCUT2D eigenvalue weighted by Crippen LogP contribution is -2.42. The van der Waals surface area contributed by atoms with Gasteiger partial charge in [0.2, 0.25) is 5.95 Å². The van der Waals surface area contributed by atoms with Crippen LogP contribution in [0, 0.1) is 0 Å². The Kier molecular flexibility index (Phi) is 4.00. The number of hydrogen-bond donors (Lipinski definition) is 2. The maximum atomic E-state index is 4.85. The lowest BCUT2D eigenvalue weighted by molar-refractivity contribution is 0.249. The first-order valence-corrected chi connectivity index (χ1v) is 9.76. The fraction of sp³-hybridized carbons (Fsp3) is 0.526. The topological polar surface area (TPSA) is 77.4 Å². The number of H-pyrrole nitrogens is 1. The maximum absolute atomic E-state index is 4.85. The molecule has 0 unspecified atom stereocenters. The van der Waals surface area contributed by atoms with Gasteiger partial charge in [-0.05, 0) is 51.9 Å². The highest BCUT2D eigenvalue weighted by Gasteiger charge is 2.26. The third-order valence-electron chi connectivity index (χ3n) is 5.72. The van der Waals surface area contributed by atoms with Crippen LogP contribution in [0.25, 0.3) is 5.52 Å². The Morgan fingerprint density at radius 2 is 2.00 bits per heavy atom. The van der Waals surface area contributed by atoms with Crippen LogP contribution in [-0.4, -0.2) is 62.9 Å². The number of hydrogen-bond acceptors (Lipinski definition) is 6. The van der Waals surface area contributed by atoms with E-state index in [4.69, 9.17) is 10.1 Å². The van der Waals surface area contributed by atoms with Gasteiger partial charge in [0.1, 0.15) is 5.52 Å². The first-order chi connectivity index (χ1) is 13.2. The Labute approximate surface area is 158 Å². The summed E-state index contributed by atoms with van der Waals surface area (Å²) in [7, 11) is 4.31. The molecule has 0 bridgehead atoms. The number of rotatable bonds is 5. The van der Waals surface area contributed by atoms with Gasteiger partial charge in [-0.1, -0.05) is 0 Å². The third kappa shape index (κ3) is 3.25. The minimum atomic E-state index is 0.638. The maximum Gasteiger partial charge on any atom is 0.245 e. The molecule has 0 amide bonds. The van der Waals surface area contributed by atoms with Crippen LogP contribution in [-0.2, 0) is 0 Å². The Morgan fingerprint density at radius 1 is 1.19 bits per heavy atom. The van der Waals surface area contributed by atoms with Crippen LogP contribution in [0.1, 0.15) is 37.3 Å². The SMILES string of the molecule is CN(C)C1CCN(c2nc(Nc3cc(C4CC4)[nH]n3)c3cccn3n2)CC1. The fourth-order valence-corrected chi connectivity index (χ4v) is 3.86. The number of nitrogens with one attached hydrogen (secondary N) is 2. The van der Waals surface area contributed by atoms with Crippen molar-refractivity contribution in [3.63, 3.8) is 0 Å². The average molecular weight is 366 g/mol. The molecule has 0 aromatic carbocycles. The number of anilines is 3. The van der Waals surface area contributed by atoms with Crippen molar-refractivity contribution in [2.24, 2.45) is 0 Å². The van der Waals surface area contributed by atoms with Crippen LogP contribution in [0.4, 0.5) is 17.6 Å². The molecule has 3 aromatic rings. The second-order valence-corrected chi connectivity index (χ2v) is 7.89. The molecule has 3 aromatic heterocycles. The van der Waals surface area contributed by atoms with Gasteiger partial charge in [0.15, 0.2) is 11.6 Å². The van der Waals surface area contributed by atoms with Gasteiger partial charge in [-0.15, -0.1) is 5.10 Å². The van der Waals surface area contributed by atoms with Crippen molar-refractivity contribution in [3.8, 4) is 0 Å². The largest absolute Gasteiger partial charge is 0.339 e. The molecule has 1 aliphatic carbocycles. The lowest BCUT2D eigenvalue weighted by Gasteiger charge is -2.35. The van der Waals surface area contributed by atoms with Crippen molar-refractivity contribution in [1.82, 2.24) is 29.7 Å². The number of fused-ring (bicyclic) bond motifs is 1. The highest BCUT2D eigenvalue weighted by Crippen LogP contribution is 2.39. The minimum absolute atomic E-state index is 0.638. The zero-order valence-electron chi connectivity index (χ0n) is 15.9. The van der Waals surface area contributed by atoms with Crippen molar-refractivity contribution in [1.29, 1.82) is 0 Å². The Morgan fingerprint density at radius 3 is 2.74 bits per heavy atom. The molecule has 0 spiro atoms. The molecule has 2 N–H and O–H groups in total. The van der Waals surface area contributed by atoms with Crippen molar-refractivity contribution >= 4 is 23.1 Å². The molecule has 1 saturated carbocycles. The van der Waals surface area contributed by atoms with Crippen molar-refractivity contribution < 1.29 is 0 Å². The molecule has 2 aliphatic rings. The van der Waals surface area contributed by atoms with E-state index in [9.17, 15) is 0 Å². The molecule has 1 saturated heterocycles. The van der Waals surface area contributed by atoms with E-state index < -0.39 is 0 Å². The smallest absolute Gasteiger partial charge is 0.245 e. The van der Waals surface area contributed by atoms with E-state index in [1.807, 2.05) is 22.8 Å². The number of piperidine rings is 1. The molecule has 8 nitrogen and oxygen atoms in total. The molecule has 0 radical (unpaired) electrons. The van der Waals surface area contributed by atoms with Crippen LogP contribution < -0.4 is 10.2 Å². The summed E-state index contributed by atoms with van der Waals surface area (Å²) in [5.74, 6) is 3.04. The van der Waals surface area contributed by atoms with E-state index in [0.717, 1.165) is 49.0 Å². The quantitative estimate of drug-likeness (QED) is 0.723. The van der Waals surface area contributed by atoms with Crippen molar-refractivity contribution in [3.05, 3.63) is 30.1 Å². The van der Waals surface area contributed by atoms with Gasteiger partial charge >= 0.3 is 0 Å². The minimum Gasteiger partial charge on any atom is -0.339 e. The zero-order valence-corrected chi connectivity index (χ0v) is 15.9. The van der Waals surface area contributed by atoms with Gasteiger partial charge in [-0.3, -0.25) is 5.10 Å². The molecule has 0 atom stereocenters. The first kappa shape index (κ1) is 16.6. The van der Waals surface area contributed by atoms with E-state index in [-0.39, 0.29) is 0 Å². The summed E-state index contributed by atoms with van der Waals surface area (Å²) in [5, 5.41) is 15.7. The highest BCUT2D eigenvalue weighted by atomic mass is 15.4. The predicted octanol–water partition coefficient (Wildman–Crippen LogP) is 2.60. The van der Waals surface area contributed by atoms with Crippen LogP contribution in [0.5, 0.6) is 0 Å². The molecule has 2 fully saturated rings. The van der Waals surface area contributed by atoms with Crippen LogP contribution in [0.3, 0.4) is 0 Å². The Balaban J connectivity index is 1.41. The van der Waals surface area contributed by atoms with Gasteiger partial charge in [-0.2, -0.15) is 10.1 Å². The normalized spacial score (nSPS) is 18.6. The summed E-state index contributed by atoms with van der Waals surface area (Å²) in [5.41, 5.74) is 2.17. The number of aromatic amines is 1. The van der Waals surface area contributed by atoms with Crippen LogP contribution in [0.2, 0.25) is 0 Å². The molecule has 5 rings (SSSR count). The first-order valence-electron chi connectivity index (χ1n) is 9.76. The van der Waals surface area contributed by atoms with Gasteiger partial charge in [0.25, 0.3) is 0 Å². The van der Waals surface area contributed by atoms with E-state index >= 15 is 0 Å².